The fourth-order valence-corrected chi connectivity index (χ4v) is 2.99. The Labute approximate surface area is 154 Å². The van der Waals surface area contributed by atoms with Gasteiger partial charge in [0.2, 0.25) is 6.41 Å². The zero-order valence-corrected chi connectivity index (χ0v) is 16.3. The van der Waals surface area contributed by atoms with E-state index in [2.05, 4.69) is 6.92 Å². The maximum atomic E-state index is 10.8. The molecule has 1 aromatic rings. The minimum absolute atomic E-state index is 0.756. The molecule has 3 heteroatoms. The van der Waals surface area contributed by atoms with E-state index in [9.17, 15) is 4.79 Å². The summed E-state index contributed by atoms with van der Waals surface area (Å²) >= 11 is 0. The highest BCUT2D eigenvalue weighted by Crippen LogP contribution is 2.20. The Morgan fingerprint density at radius 2 is 1.44 bits per heavy atom. The molecule has 0 aliphatic rings. The molecule has 0 aliphatic carbocycles. The molecular formula is C22H37NO2. The summed E-state index contributed by atoms with van der Waals surface area (Å²) in [6.07, 6.45) is 17.0. The second kappa shape index (κ2) is 14.8. The van der Waals surface area contributed by atoms with E-state index in [0.717, 1.165) is 30.9 Å². The van der Waals surface area contributed by atoms with Gasteiger partial charge in [-0.25, -0.2) is 0 Å². The molecular weight excluding hydrogens is 310 g/mol. The maximum absolute atomic E-state index is 10.8. The predicted octanol–water partition coefficient (Wildman–Crippen LogP) is 6.36. The molecule has 0 spiro atoms. The summed E-state index contributed by atoms with van der Waals surface area (Å²) in [7, 11) is 1.75. The Morgan fingerprint density at radius 1 is 0.880 bits per heavy atom. The van der Waals surface area contributed by atoms with E-state index >= 15 is 0 Å². The van der Waals surface area contributed by atoms with E-state index < -0.39 is 0 Å². The van der Waals surface area contributed by atoms with Crippen molar-refractivity contribution in [3.8, 4) is 5.75 Å². The van der Waals surface area contributed by atoms with Gasteiger partial charge in [0.05, 0.1) is 6.61 Å². The number of amides is 1. The van der Waals surface area contributed by atoms with Crippen molar-refractivity contribution in [2.24, 2.45) is 0 Å². The van der Waals surface area contributed by atoms with Gasteiger partial charge in [0.15, 0.2) is 0 Å². The summed E-state index contributed by atoms with van der Waals surface area (Å²) in [5, 5.41) is 0. The molecule has 0 saturated carbocycles. The third-order valence-electron chi connectivity index (χ3n) is 4.65. The van der Waals surface area contributed by atoms with Crippen LogP contribution in [0.5, 0.6) is 5.75 Å². The lowest BCUT2D eigenvalue weighted by Crippen LogP contribution is -2.13. The zero-order valence-electron chi connectivity index (χ0n) is 16.3. The number of carbonyl (C=O) groups excluding carboxylic acids is 1. The lowest BCUT2D eigenvalue weighted by Gasteiger charge is -2.12. The van der Waals surface area contributed by atoms with Crippen molar-refractivity contribution in [1.82, 2.24) is 0 Å². The Morgan fingerprint density at radius 3 is 2.00 bits per heavy atom. The molecule has 1 amide bonds. The highest BCUT2D eigenvalue weighted by molar-refractivity contribution is 5.74. The van der Waals surface area contributed by atoms with Crippen LogP contribution in [0.3, 0.4) is 0 Å². The van der Waals surface area contributed by atoms with Gasteiger partial charge in [0.25, 0.3) is 0 Å². The Bertz CT molecular complexity index is 447. The first-order valence-corrected chi connectivity index (χ1v) is 10.2. The summed E-state index contributed by atoms with van der Waals surface area (Å²) < 4.78 is 5.79. The van der Waals surface area contributed by atoms with Crippen molar-refractivity contribution in [3.05, 3.63) is 24.3 Å². The number of anilines is 1. The van der Waals surface area contributed by atoms with Gasteiger partial charge in [-0.1, -0.05) is 83.6 Å². The molecule has 0 saturated heterocycles. The SMILES string of the molecule is CCCCCCCCCCCCCCOc1cccc(N(C)C=O)c1. The molecule has 142 valence electrons. The summed E-state index contributed by atoms with van der Waals surface area (Å²) in [4.78, 5) is 12.3. The minimum atomic E-state index is 0.756. The van der Waals surface area contributed by atoms with Crippen molar-refractivity contribution < 1.29 is 9.53 Å². The monoisotopic (exact) mass is 347 g/mol. The topological polar surface area (TPSA) is 29.5 Å². The first kappa shape index (κ1) is 21.5. The molecule has 0 radical (unpaired) electrons. The molecule has 3 nitrogen and oxygen atoms in total. The lowest BCUT2D eigenvalue weighted by molar-refractivity contribution is -0.107. The largest absolute Gasteiger partial charge is 0.494 e. The van der Waals surface area contributed by atoms with E-state index in [0.29, 0.717) is 0 Å². The minimum Gasteiger partial charge on any atom is -0.494 e. The van der Waals surface area contributed by atoms with Crippen LogP contribution in [0.15, 0.2) is 24.3 Å². The van der Waals surface area contributed by atoms with Crippen LogP contribution in [-0.2, 0) is 4.79 Å². The van der Waals surface area contributed by atoms with Gasteiger partial charge in [0.1, 0.15) is 5.75 Å². The van der Waals surface area contributed by atoms with Crippen LogP contribution < -0.4 is 9.64 Å². The van der Waals surface area contributed by atoms with E-state index in [4.69, 9.17) is 4.74 Å². The Hall–Kier alpha value is -1.51. The smallest absolute Gasteiger partial charge is 0.213 e. The van der Waals surface area contributed by atoms with Gasteiger partial charge < -0.3 is 9.64 Å². The summed E-state index contributed by atoms with van der Waals surface area (Å²) in [5.74, 6) is 0.842. The molecule has 0 aliphatic heterocycles. The van der Waals surface area contributed by atoms with Gasteiger partial charge in [-0.3, -0.25) is 4.79 Å². The second-order valence-corrected chi connectivity index (χ2v) is 6.95. The third-order valence-corrected chi connectivity index (χ3v) is 4.65. The summed E-state index contributed by atoms with van der Waals surface area (Å²) in [6.45, 7) is 3.03. The van der Waals surface area contributed by atoms with Crippen LogP contribution in [0.4, 0.5) is 5.69 Å². The van der Waals surface area contributed by atoms with Crippen LogP contribution in [0.25, 0.3) is 0 Å². The van der Waals surface area contributed by atoms with Crippen LogP contribution >= 0.6 is 0 Å². The van der Waals surface area contributed by atoms with Crippen LogP contribution in [-0.4, -0.2) is 20.1 Å². The molecule has 0 bridgehead atoms. The van der Waals surface area contributed by atoms with Gasteiger partial charge in [-0.2, -0.15) is 0 Å². The van der Waals surface area contributed by atoms with E-state index in [-0.39, 0.29) is 0 Å². The highest BCUT2D eigenvalue weighted by Gasteiger charge is 2.01. The Balaban J connectivity index is 1.94. The number of hydrogen-bond donors (Lipinski definition) is 0. The normalized spacial score (nSPS) is 10.6. The number of nitrogens with zero attached hydrogens (tertiary/aromatic N) is 1. The van der Waals surface area contributed by atoms with E-state index in [1.54, 1.807) is 11.9 Å². The van der Waals surface area contributed by atoms with Gasteiger partial charge in [-0.05, 0) is 18.6 Å². The molecule has 0 atom stereocenters. The van der Waals surface area contributed by atoms with Gasteiger partial charge in [-0.15, -0.1) is 0 Å². The number of hydrogen-bond acceptors (Lipinski definition) is 2. The first-order valence-electron chi connectivity index (χ1n) is 10.2. The number of ether oxygens (including phenoxy) is 1. The molecule has 0 heterocycles. The van der Waals surface area contributed by atoms with Crippen molar-refractivity contribution in [3.63, 3.8) is 0 Å². The quantitative estimate of drug-likeness (QED) is 0.257. The summed E-state index contributed by atoms with van der Waals surface area (Å²) in [5.41, 5.74) is 0.863. The number of rotatable bonds is 16. The average Bonchev–Trinajstić information content (AvgIpc) is 2.65. The van der Waals surface area contributed by atoms with Crippen molar-refractivity contribution in [2.45, 2.75) is 84.0 Å². The molecule has 25 heavy (non-hydrogen) atoms. The molecule has 0 fully saturated rings. The Kier molecular flexibility index (Phi) is 12.7. The van der Waals surface area contributed by atoms with Gasteiger partial charge >= 0.3 is 0 Å². The van der Waals surface area contributed by atoms with Crippen LogP contribution in [0.1, 0.15) is 84.0 Å². The molecule has 1 rings (SSSR count). The standard InChI is InChI=1S/C22H37NO2/c1-3-4-5-6-7-8-9-10-11-12-13-14-18-25-22-17-15-16-21(19-22)23(2)20-24/h15-17,19-20H,3-14,18H2,1-2H3. The summed E-state index contributed by atoms with van der Waals surface area (Å²) in [6, 6.07) is 7.69. The number of unbranched alkanes of at least 4 members (excludes halogenated alkanes) is 11. The molecule has 0 unspecified atom stereocenters. The zero-order chi connectivity index (χ0) is 18.2. The number of benzene rings is 1. The predicted molar refractivity (Wildman–Crippen MR) is 107 cm³/mol. The van der Waals surface area contributed by atoms with Crippen LogP contribution in [0.2, 0.25) is 0 Å². The third kappa shape index (κ3) is 10.9. The average molecular weight is 348 g/mol. The lowest BCUT2D eigenvalue weighted by atomic mass is 10.1. The van der Waals surface area contributed by atoms with Crippen molar-refractivity contribution in [2.75, 3.05) is 18.6 Å². The first-order chi connectivity index (χ1) is 12.3. The highest BCUT2D eigenvalue weighted by atomic mass is 16.5. The maximum Gasteiger partial charge on any atom is 0.213 e. The molecule has 1 aromatic carbocycles. The molecule has 0 N–H and O–H groups in total. The van der Waals surface area contributed by atoms with Gasteiger partial charge in [0, 0.05) is 18.8 Å². The van der Waals surface area contributed by atoms with E-state index in [1.165, 1.54) is 70.6 Å². The molecule has 0 aromatic heterocycles. The van der Waals surface area contributed by atoms with Crippen LogP contribution in [0, 0.1) is 0 Å². The van der Waals surface area contributed by atoms with Crippen molar-refractivity contribution in [1.29, 1.82) is 0 Å². The fourth-order valence-electron chi connectivity index (χ4n) is 2.99. The fraction of sp³-hybridized carbons (Fsp3) is 0.682. The number of carbonyl (C=O) groups is 1. The second-order valence-electron chi connectivity index (χ2n) is 6.95. The van der Waals surface area contributed by atoms with Crippen molar-refractivity contribution >= 4 is 12.1 Å². The van der Waals surface area contributed by atoms with E-state index in [1.807, 2.05) is 24.3 Å².